The van der Waals surface area contributed by atoms with Gasteiger partial charge in [0.2, 0.25) is 0 Å². The van der Waals surface area contributed by atoms with Gasteiger partial charge < -0.3 is 5.32 Å². The summed E-state index contributed by atoms with van der Waals surface area (Å²) in [5.74, 6) is -0.0687. The lowest BCUT2D eigenvalue weighted by Gasteiger charge is -2.06. The normalized spacial score (nSPS) is 10.5. The van der Waals surface area contributed by atoms with Gasteiger partial charge in [0.1, 0.15) is 0 Å². The second-order valence-corrected chi connectivity index (χ2v) is 7.15. The molecular weight excluding hydrogens is 369 g/mol. The van der Waals surface area contributed by atoms with E-state index in [0.29, 0.717) is 27.9 Å². The molecule has 19 heavy (non-hydrogen) atoms. The molecule has 0 unspecified atom stereocenters. The summed E-state index contributed by atoms with van der Waals surface area (Å²) in [4.78, 5) is 12.5. The smallest absolute Gasteiger partial charge is 0.261 e. The highest BCUT2D eigenvalue weighted by molar-refractivity contribution is 9.11. The number of halogens is 3. The third-order valence-electron chi connectivity index (χ3n) is 2.49. The van der Waals surface area contributed by atoms with E-state index in [4.69, 9.17) is 23.2 Å². The molecule has 1 heterocycles. The van der Waals surface area contributed by atoms with Crippen molar-refractivity contribution in [1.82, 2.24) is 5.32 Å². The first-order valence-electron chi connectivity index (χ1n) is 5.54. The quantitative estimate of drug-likeness (QED) is 0.814. The molecule has 1 aromatic carbocycles. The standard InChI is InChI=1S/C13H10BrCl2NOS/c14-12-4-3-11(19-12)13(18)17-6-5-8-1-2-9(15)7-10(8)16/h1-4,7H,5-6H2,(H,17,18). The number of benzene rings is 1. The van der Waals surface area contributed by atoms with E-state index < -0.39 is 0 Å². The van der Waals surface area contributed by atoms with Gasteiger partial charge in [-0.15, -0.1) is 11.3 Å². The van der Waals surface area contributed by atoms with E-state index in [1.165, 1.54) is 11.3 Å². The Morgan fingerprint density at radius 1 is 1.26 bits per heavy atom. The second kappa shape index (κ2) is 6.75. The summed E-state index contributed by atoms with van der Waals surface area (Å²) in [7, 11) is 0. The van der Waals surface area contributed by atoms with Crippen molar-refractivity contribution in [2.24, 2.45) is 0 Å². The van der Waals surface area contributed by atoms with Gasteiger partial charge in [-0.25, -0.2) is 0 Å². The molecule has 2 nitrogen and oxygen atoms in total. The zero-order chi connectivity index (χ0) is 13.8. The van der Waals surface area contributed by atoms with Gasteiger partial charge in [-0.1, -0.05) is 29.3 Å². The fourth-order valence-electron chi connectivity index (χ4n) is 1.56. The first kappa shape index (κ1) is 14.9. The van der Waals surface area contributed by atoms with Crippen molar-refractivity contribution in [3.63, 3.8) is 0 Å². The summed E-state index contributed by atoms with van der Waals surface area (Å²) >= 11 is 16.6. The van der Waals surface area contributed by atoms with E-state index in [1.54, 1.807) is 18.2 Å². The summed E-state index contributed by atoms with van der Waals surface area (Å²) in [6.45, 7) is 0.537. The van der Waals surface area contributed by atoms with Crippen molar-refractivity contribution in [2.45, 2.75) is 6.42 Å². The molecular formula is C13H10BrCl2NOS. The van der Waals surface area contributed by atoms with Crippen molar-refractivity contribution in [3.8, 4) is 0 Å². The van der Waals surface area contributed by atoms with Crippen LogP contribution < -0.4 is 5.32 Å². The van der Waals surface area contributed by atoms with Crippen LogP contribution in [0.3, 0.4) is 0 Å². The van der Waals surface area contributed by atoms with Gasteiger partial charge in [0.05, 0.1) is 8.66 Å². The fourth-order valence-corrected chi connectivity index (χ4v) is 3.36. The molecule has 6 heteroatoms. The summed E-state index contributed by atoms with van der Waals surface area (Å²) in [6, 6.07) is 9.02. The monoisotopic (exact) mass is 377 g/mol. The number of amides is 1. The van der Waals surface area contributed by atoms with E-state index in [1.807, 2.05) is 12.1 Å². The second-order valence-electron chi connectivity index (χ2n) is 3.85. The molecule has 1 N–H and O–H groups in total. The summed E-state index contributed by atoms with van der Waals surface area (Å²) in [5, 5.41) is 4.10. The minimum atomic E-state index is -0.0687. The van der Waals surface area contributed by atoms with Gasteiger partial charge in [0, 0.05) is 16.6 Å². The zero-order valence-corrected chi connectivity index (χ0v) is 13.7. The van der Waals surface area contributed by atoms with Crippen molar-refractivity contribution in [2.75, 3.05) is 6.54 Å². The van der Waals surface area contributed by atoms with Crippen LogP contribution in [0.4, 0.5) is 0 Å². The van der Waals surface area contributed by atoms with E-state index in [0.717, 1.165) is 9.35 Å². The average molecular weight is 379 g/mol. The van der Waals surface area contributed by atoms with Crippen LogP contribution in [-0.2, 0) is 6.42 Å². The number of nitrogens with one attached hydrogen (secondary N) is 1. The molecule has 0 saturated heterocycles. The molecule has 0 atom stereocenters. The molecule has 0 spiro atoms. The number of thiophene rings is 1. The lowest BCUT2D eigenvalue weighted by atomic mass is 10.1. The van der Waals surface area contributed by atoms with Crippen LogP contribution in [-0.4, -0.2) is 12.5 Å². The Morgan fingerprint density at radius 3 is 2.68 bits per heavy atom. The Balaban J connectivity index is 1.88. The van der Waals surface area contributed by atoms with Crippen LogP contribution >= 0.6 is 50.5 Å². The molecule has 0 aliphatic carbocycles. The third kappa shape index (κ3) is 4.21. The minimum absolute atomic E-state index is 0.0687. The predicted octanol–water partition coefficient (Wildman–Crippen LogP) is 4.79. The molecule has 100 valence electrons. The molecule has 0 radical (unpaired) electrons. The first-order valence-corrected chi connectivity index (χ1v) is 7.90. The minimum Gasteiger partial charge on any atom is -0.351 e. The van der Waals surface area contributed by atoms with E-state index in [-0.39, 0.29) is 5.91 Å². The molecule has 1 amide bonds. The number of carbonyl (C=O) groups excluding carboxylic acids is 1. The van der Waals surface area contributed by atoms with E-state index >= 15 is 0 Å². The Morgan fingerprint density at radius 2 is 2.05 bits per heavy atom. The molecule has 2 aromatic rings. The van der Waals surface area contributed by atoms with Crippen molar-refractivity contribution < 1.29 is 4.79 Å². The maximum atomic E-state index is 11.8. The molecule has 0 bridgehead atoms. The molecule has 0 aliphatic heterocycles. The zero-order valence-electron chi connectivity index (χ0n) is 9.75. The van der Waals surface area contributed by atoms with Crippen LogP contribution in [0.15, 0.2) is 34.1 Å². The molecule has 0 fully saturated rings. The summed E-state index contributed by atoms with van der Waals surface area (Å²) < 4.78 is 0.943. The van der Waals surface area contributed by atoms with Crippen molar-refractivity contribution in [1.29, 1.82) is 0 Å². The first-order chi connectivity index (χ1) is 9.06. The molecule has 2 rings (SSSR count). The highest BCUT2D eigenvalue weighted by Gasteiger charge is 2.08. The lowest BCUT2D eigenvalue weighted by Crippen LogP contribution is -2.24. The van der Waals surface area contributed by atoms with Crippen molar-refractivity contribution in [3.05, 3.63) is 54.6 Å². The average Bonchev–Trinajstić information content (AvgIpc) is 2.78. The Hall–Kier alpha value is -0.550. The molecule has 1 aromatic heterocycles. The van der Waals surface area contributed by atoms with Crippen LogP contribution in [0.25, 0.3) is 0 Å². The maximum absolute atomic E-state index is 11.8. The Kier molecular flexibility index (Phi) is 5.28. The van der Waals surface area contributed by atoms with Gasteiger partial charge in [-0.3, -0.25) is 4.79 Å². The number of hydrogen-bond donors (Lipinski definition) is 1. The highest BCUT2D eigenvalue weighted by Crippen LogP contribution is 2.22. The van der Waals surface area contributed by atoms with Gasteiger partial charge >= 0.3 is 0 Å². The molecule has 0 aliphatic rings. The van der Waals surface area contributed by atoms with Gasteiger partial charge in [0.25, 0.3) is 5.91 Å². The number of hydrogen-bond acceptors (Lipinski definition) is 2. The van der Waals surface area contributed by atoms with Crippen LogP contribution in [0.1, 0.15) is 15.2 Å². The van der Waals surface area contributed by atoms with Crippen molar-refractivity contribution >= 4 is 56.4 Å². The third-order valence-corrected chi connectivity index (χ3v) is 4.70. The summed E-state index contributed by atoms with van der Waals surface area (Å²) in [5.41, 5.74) is 0.971. The largest absolute Gasteiger partial charge is 0.351 e. The van der Waals surface area contributed by atoms with E-state index in [2.05, 4.69) is 21.2 Å². The van der Waals surface area contributed by atoms with E-state index in [9.17, 15) is 4.79 Å². The number of rotatable bonds is 4. The Labute approximate surface area is 133 Å². The van der Waals surface area contributed by atoms with Gasteiger partial charge in [-0.2, -0.15) is 0 Å². The maximum Gasteiger partial charge on any atom is 0.261 e. The fraction of sp³-hybridized carbons (Fsp3) is 0.154. The lowest BCUT2D eigenvalue weighted by molar-refractivity contribution is 0.0958. The van der Waals surface area contributed by atoms with Crippen LogP contribution in [0, 0.1) is 0 Å². The Bertz CT molecular complexity index is 600. The van der Waals surface area contributed by atoms with Gasteiger partial charge in [-0.05, 0) is 52.2 Å². The predicted molar refractivity (Wildman–Crippen MR) is 84.5 cm³/mol. The highest BCUT2D eigenvalue weighted by atomic mass is 79.9. The number of carbonyl (C=O) groups is 1. The summed E-state index contributed by atoms with van der Waals surface area (Å²) in [6.07, 6.45) is 0.675. The molecule has 0 saturated carbocycles. The van der Waals surface area contributed by atoms with Gasteiger partial charge in [0.15, 0.2) is 0 Å². The SMILES string of the molecule is O=C(NCCc1ccc(Cl)cc1Cl)c1ccc(Br)s1. The van der Waals surface area contributed by atoms with Crippen LogP contribution in [0.5, 0.6) is 0 Å². The van der Waals surface area contributed by atoms with Crippen LogP contribution in [0.2, 0.25) is 10.0 Å². The topological polar surface area (TPSA) is 29.1 Å².